The summed E-state index contributed by atoms with van der Waals surface area (Å²) >= 11 is 0. The smallest absolute Gasteiger partial charge is 0.356 e. The highest BCUT2D eigenvalue weighted by molar-refractivity contribution is 8.93. The van der Waals surface area contributed by atoms with Crippen molar-refractivity contribution in [2.24, 2.45) is 0 Å². The summed E-state index contributed by atoms with van der Waals surface area (Å²) in [6, 6.07) is 3.23. The van der Waals surface area contributed by atoms with Crippen LogP contribution in [0.3, 0.4) is 0 Å². The van der Waals surface area contributed by atoms with Crippen molar-refractivity contribution in [1.82, 2.24) is 5.16 Å². The molecule has 0 aliphatic rings. The predicted molar refractivity (Wildman–Crippen MR) is 49.3 cm³/mol. The fraction of sp³-hybridized carbons (Fsp3) is 0.125. The van der Waals surface area contributed by atoms with Crippen molar-refractivity contribution in [3.05, 3.63) is 30.0 Å². The quantitative estimate of drug-likeness (QED) is 0.731. The van der Waals surface area contributed by atoms with E-state index >= 15 is 0 Å². The first-order chi connectivity index (χ1) is 6.07. The van der Waals surface area contributed by atoms with Gasteiger partial charge in [-0.3, -0.25) is 0 Å². The molecule has 0 N–H and O–H groups in total. The second-order valence-electron chi connectivity index (χ2n) is 2.58. The van der Waals surface area contributed by atoms with Gasteiger partial charge in [-0.1, -0.05) is 5.16 Å². The van der Waals surface area contributed by atoms with Crippen LogP contribution in [0, 0.1) is 0 Å². The van der Waals surface area contributed by atoms with Gasteiger partial charge in [-0.15, -0.1) is 17.0 Å². The van der Waals surface area contributed by atoms with Crippen LogP contribution in [0.1, 0.15) is 5.56 Å². The molecule has 0 atom stereocenters. The van der Waals surface area contributed by atoms with Gasteiger partial charge < -0.3 is 4.52 Å². The second-order valence-corrected chi connectivity index (χ2v) is 2.58. The van der Waals surface area contributed by atoms with Gasteiger partial charge in [0.2, 0.25) is 0 Å². The topological polar surface area (TPSA) is 26.0 Å². The molecule has 0 amide bonds. The fourth-order valence-corrected chi connectivity index (χ4v) is 1.05. The third-order valence-electron chi connectivity index (χ3n) is 1.68. The maximum atomic E-state index is 12.2. The maximum Gasteiger partial charge on any atom is 0.416 e. The predicted octanol–water partition coefficient (Wildman–Crippen LogP) is 3.42. The summed E-state index contributed by atoms with van der Waals surface area (Å²) in [4.78, 5) is 0. The van der Waals surface area contributed by atoms with E-state index in [1.165, 1.54) is 12.3 Å². The number of alkyl halides is 3. The molecule has 14 heavy (non-hydrogen) atoms. The Morgan fingerprint density at radius 2 is 1.93 bits per heavy atom. The zero-order valence-corrected chi connectivity index (χ0v) is 8.42. The molecule has 0 radical (unpaired) electrons. The van der Waals surface area contributed by atoms with Crippen LogP contribution < -0.4 is 0 Å². The molecule has 2 nitrogen and oxygen atoms in total. The van der Waals surface area contributed by atoms with Gasteiger partial charge in [0.05, 0.1) is 11.8 Å². The van der Waals surface area contributed by atoms with E-state index in [0.717, 1.165) is 12.1 Å². The lowest BCUT2D eigenvalue weighted by molar-refractivity contribution is -0.137. The largest absolute Gasteiger partial charge is 0.416 e. The van der Waals surface area contributed by atoms with Crippen molar-refractivity contribution < 1.29 is 17.7 Å². The van der Waals surface area contributed by atoms with Gasteiger partial charge in [0.15, 0.2) is 5.58 Å². The Kier molecular flexibility index (Phi) is 2.84. The van der Waals surface area contributed by atoms with E-state index in [2.05, 4.69) is 9.68 Å². The molecule has 6 heteroatoms. The minimum Gasteiger partial charge on any atom is -0.356 e. The number of nitrogens with zero attached hydrogens (tertiary/aromatic N) is 1. The summed E-state index contributed by atoms with van der Waals surface area (Å²) in [6.07, 6.45) is -3.06. The lowest BCUT2D eigenvalue weighted by Gasteiger charge is -2.04. The first-order valence-electron chi connectivity index (χ1n) is 3.49. The first-order valence-corrected chi connectivity index (χ1v) is 3.49. The summed E-state index contributed by atoms with van der Waals surface area (Å²) in [5, 5.41) is 3.74. The Hall–Kier alpha value is -1.04. The average molecular weight is 268 g/mol. The molecule has 1 aromatic carbocycles. The van der Waals surface area contributed by atoms with Gasteiger partial charge in [-0.25, -0.2) is 0 Å². The lowest BCUT2D eigenvalue weighted by Crippen LogP contribution is -2.03. The highest BCUT2D eigenvalue weighted by Crippen LogP contribution is 2.31. The molecular formula is C8H5BrF3NO. The number of aromatic nitrogens is 1. The molecule has 0 spiro atoms. The zero-order valence-electron chi connectivity index (χ0n) is 6.71. The molecule has 76 valence electrons. The molecule has 0 saturated heterocycles. The first kappa shape index (κ1) is 11.0. The number of benzene rings is 1. The van der Waals surface area contributed by atoms with Gasteiger partial charge >= 0.3 is 6.18 Å². The number of rotatable bonds is 0. The summed E-state index contributed by atoms with van der Waals surface area (Å²) < 4.78 is 41.2. The van der Waals surface area contributed by atoms with Crippen LogP contribution in [0.15, 0.2) is 28.9 Å². The van der Waals surface area contributed by atoms with Crippen molar-refractivity contribution in [1.29, 1.82) is 0 Å². The van der Waals surface area contributed by atoms with Crippen LogP contribution in [-0.2, 0) is 6.18 Å². The van der Waals surface area contributed by atoms with Crippen molar-refractivity contribution in [2.75, 3.05) is 0 Å². The van der Waals surface area contributed by atoms with E-state index in [-0.39, 0.29) is 17.0 Å². The highest BCUT2D eigenvalue weighted by Gasteiger charge is 2.30. The second kappa shape index (κ2) is 3.61. The van der Waals surface area contributed by atoms with E-state index in [4.69, 9.17) is 0 Å². The van der Waals surface area contributed by atoms with E-state index < -0.39 is 11.7 Å². The maximum absolute atomic E-state index is 12.2. The Morgan fingerprint density at radius 3 is 2.57 bits per heavy atom. The third-order valence-corrected chi connectivity index (χ3v) is 1.68. The van der Waals surface area contributed by atoms with Crippen molar-refractivity contribution in [3.8, 4) is 0 Å². The molecule has 0 bridgehead atoms. The summed E-state index contributed by atoms with van der Waals surface area (Å²) in [7, 11) is 0. The number of fused-ring (bicyclic) bond motifs is 1. The summed E-state index contributed by atoms with van der Waals surface area (Å²) in [5.41, 5.74) is -0.337. The number of halogens is 4. The SMILES string of the molecule is Br.FC(F)(F)c1ccc2oncc2c1. The lowest BCUT2D eigenvalue weighted by atomic mass is 10.2. The van der Waals surface area contributed by atoms with E-state index in [0.29, 0.717) is 11.0 Å². The van der Waals surface area contributed by atoms with E-state index in [1.54, 1.807) is 0 Å². The molecule has 0 aliphatic carbocycles. The Balaban J connectivity index is 0.000000980. The average Bonchev–Trinajstić information content (AvgIpc) is 2.47. The Bertz CT molecular complexity index is 437. The molecule has 0 aliphatic heterocycles. The van der Waals surface area contributed by atoms with E-state index in [9.17, 15) is 13.2 Å². The van der Waals surface area contributed by atoms with Crippen LogP contribution in [0.2, 0.25) is 0 Å². The molecule has 0 fully saturated rings. The van der Waals surface area contributed by atoms with Crippen LogP contribution >= 0.6 is 17.0 Å². The van der Waals surface area contributed by atoms with Gasteiger partial charge in [-0.2, -0.15) is 13.2 Å². The number of hydrogen-bond acceptors (Lipinski definition) is 2. The third kappa shape index (κ3) is 1.89. The molecule has 0 unspecified atom stereocenters. The van der Waals surface area contributed by atoms with Crippen LogP contribution in [0.4, 0.5) is 13.2 Å². The molecule has 1 heterocycles. The fourth-order valence-electron chi connectivity index (χ4n) is 1.05. The van der Waals surface area contributed by atoms with Crippen molar-refractivity contribution in [2.45, 2.75) is 6.18 Å². The normalized spacial score (nSPS) is 11.4. The molecule has 1 aromatic heterocycles. The Morgan fingerprint density at radius 1 is 1.21 bits per heavy atom. The van der Waals surface area contributed by atoms with Gasteiger partial charge in [0, 0.05) is 5.39 Å². The van der Waals surface area contributed by atoms with Crippen LogP contribution in [0.5, 0.6) is 0 Å². The van der Waals surface area contributed by atoms with E-state index in [1.807, 2.05) is 0 Å². The monoisotopic (exact) mass is 267 g/mol. The Labute approximate surface area is 87.5 Å². The summed E-state index contributed by atoms with van der Waals surface area (Å²) in [5.74, 6) is 0. The van der Waals surface area contributed by atoms with Crippen molar-refractivity contribution in [3.63, 3.8) is 0 Å². The van der Waals surface area contributed by atoms with Gasteiger partial charge in [0.1, 0.15) is 0 Å². The molecular weight excluding hydrogens is 263 g/mol. The number of hydrogen-bond donors (Lipinski definition) is 0. The zero-order chi connectivity index (χ0) is 9.47. The standard InChI is InChI=1S/C8H4F3NO.BrH/c9-8(10,11)6-1-2-7-5(3-6)4-12-13-7;/h1-4H;1H. The van der Waals surface area contributed by atoms with Crippen LogP contribution in [-0.4, -0.2) is 5.16 Å². The van der Waals surface area contributed by atoms with Gasteiger partial charge in [0.25, 0.3) is 0 Å². The van der Waals surface area contributed by atoms with Crippen LogP contribution in [0.25, 0.3) is 11.0 Å². The molecule has 2 rings (SSSR count). The summed E-state index contributed by atoms with van der Waals surface area (Å²) in [6.45, 7) is 0. The highest BCUT2D eigenvalue weighted by atomic mass is 79.9. The van der Waals surface area contributed by atoms with Gasteiger partial charge in [-0.05, 0) is 18.2 Å². The molecule has 0 saturated carbocycles. The molecule has 2 aromatic rings. The minimum absolute atomic E-state index is 0. The van der Waals surface area contributed by atoms with Crippen molar-refractivity contribution >= 4 is 28.0 Å². The minimum atomic E-state index is -4.31.